The van der Waals surface area contributed by atoms with Crippen molar-refractivity contribution in [3.63, 3.8) is 0 Å². The first-order chi connectivity index (χ1) is 13.6. The number of nitrogens with zero attached hydrogens (tertiary/aromatic N) is 1. The highest BCUT2D eigenvalue weighted by atomic mass is 16.5. The Bertz CT molecular complexity index is 964. The molecule has 28 heavy (non-hydrogen) atoms. The molecule has 0 fully saturated rings. The van der Waals surface area contributed by atoms with Gasteiger partial charge in [-0.1, -0.05) is 36.4 Å². The molecule has 0 aliphatic rings. The number of nitrogens with two attached hydrogens (primary N) is 1. The highest BCUT2D eigenvalue weighted by Gasteiger charge is 2.18. The number of carbonyl (C=O) groups is 2. The van der Waals surface area contributed by atoms with Crippen LogP contribution >= 0.6 is 0 Å². The molecule has 2 amide bonds. The zero-order chi connectivity index (χ0) is 19.9. The van der Waals surface area contributed by atoms with Gasteiger partial charge in [0.25, 0.3) is 5.91 Å². The first-order valence-corrected chi connectivity index (χ1v) is 8.92. The Kier molecular flexibility index (Phi) is 6.11. The molecule has 0 saturated carbocycles. The lowest BCUT2D eigenvalue weighted by molar-refractivity contribution is -0.120. The molecule has 3 rings (SSSR count). The molecule has 0 heterocycles. The minimum atomic E-state index is -0.471. The van der Waals surface area contributed by atoms with Crippen molar-refractivity contribution in [3.8, 4) is 11.5 Å². The van der Waals surface area contributed by atoms with Crippen LogP contribution < -0.4 is 20.1 Å². The lowest BCUT2D eigenvalue weighted by Gasteiger charge is -2.23. The summed E-state index contributed by atoms with van der Waals surface area (Å²) in [5, 5.41) is 1.97. The van der Waals surface area contributed by atoms with Gasteiger partial charge in [0.2, 0.25) is 5.91 Å². The van der Waals surface area contributed by atoms with Gasteiger partial charge in [0.15, 0.2) is 6.61 Å². The van der Waals surface area contributed by atoms with Gasteiger partial charge in [-0.2, -0.15) is 0 Å². The topological polar surface area (TPSA) is 81.9 Å². The number of amides is 2. The highest BCUT2D eigenvalue weighted by molar-refractivity contribution is 5.95. The van der Waals surface area contributed by atoms with Crippen molar-refractivity contribution < 1.29 is 19.1 Å². The maximum atomic E-state index is 12.8. The summed E-state index contributed by atoms with van der Waals surface area (Å²) in [6, 6.07) is 20.5. The predicted molar refractivity (Wildman–Crippen MR) is 109 cm³/mol. The Morgan fingerprint density at radius 3 is 2.39 bits per heavy atom. The molecule has 0 aromatic heterocycles. The third-order valence-electron chi connectivity index (χ3n) is 4.37. The summed E-state index contributed by atoms with van der Waals surface area (Å²) in [5.41, 5.74) is 5.91. The zero-order valence-electron chi connectivity index (χ0n) is 15.6. The van der Waals surface area contributed by atoms with Gasteiger partial charge < -0.3 is 20.1 Å². The van der Waals surface area contributed by atoms with E-state index in [2.05, 4.69) is 0 Å². The largest absolute Gasteiger partial charge is 0.497 e. The zero-order valence-corrected chi connectivity index (χ0v) is 15.6. The molecule has 0 aliphatic carbocycles. The van der Waals surface area contributed by atoms with Crippen molar-refractivity contribution in [3.05, 3.63) is 66.7 Å². The van der Waals surface area contributed by atoms with Crippen molar-refractivity contribution >= 4 is 28.3 Å². The van der Waals surface area contributed by atoms with Crippen LogP contribution in [0.3, 0.4) is 0 Å². The monoisotopic (exact) mass is 378 g/mol. The number of carbonyl (C=O) groups excluding carboxylic acids is 2. The highest BCUT2D eigenvalue weighted by Crippen LogP contribution is 2.25. The minimum absolute atomic E-state index is 0.0615. The fourth-order valence-electron chi connectivity index (χ4n) is 2.92. The lowest BCUT2D eigenvalue weighted by Crippen LogP contribution is -2.37. The molecule has 0 atom stereocenters. The molecule has 0 aliphatic heterocycles. The molecule has 0 bridgehead atoms. The van der Waals surface area contributed by atoms with Gasteiger partial charge in [0.1, 0.15) is 11.5 Å². The number of methoxy groups -OCH3 is 1. The summed E-state index contributed by atoms with van der Waals surface area (Å²) in [4.78, 5) is 25.5. The van der Waals surface area contributed by atoms with Crippen LogP contribution in [0.25, 0.3) is 10.8 Å². The van der Waals surface area contributed by atoms with E-state index in [1.807, 2.05) is 42.5 Å². The number of ether oxygens (including phenoxy) is 2. The van der Waals surface area contributed by atoms with E-state index in [4.69, 9.17) is 15.2 Å². The van der Waals surface area contributed by atoms with Gasteiger partial charge in [0.05, 0.1) is 7.11 Å². The summed E-state index contributed by atoms with van der Waals surface area (Å²) in [7, 11) is 1.57. The second kappa shape index (κ2) is 8.90. The van der Waals surface area contributed by atoms with E-state index >= 15 is 0 Å². The lowest BCUT2D eigenvalue weighted by atomic mass is 10.1. The molecule has 2 N–H and O–H groups in total. The number of primary amides is 1. The third kappa shape index (κ3) is 4.59. The Balaban J connectivity index is 1.77. The van der Waals surface area contributed by atoms with E-state index in [1.54, 1.807) is 31.4 Å². The van der Waals surface area contributed by atoms with Crippen LogP contribution in [0, 0.1) is 0 Å². The van der Waals surface area contributed by atoms with Crippen molar-refractivity contribution in [2.75, 3.05) is 25.2 Å². The van der Waals surface area contributed by atoms with Gasteiger partial charge >= 0.3 is 0 Å². The quantitative estimate of drug-likeness (QED) is 0.653. The normalized spacial score (nSPS) is 10.5. The number of anilines is 1. The van der Waals surface area contributed by atoms with Crippen molar-refractivity contribution in [2.45, 2.75) is 6.42 Å². The molecule has 0 spiro atoms. The van der Waals surface area contributed by atoms with E-state index < -0.39 is 5.91 Å². The summed E-state index contributed by atoms with van der Waals surface area (Å²) >= 11 is 0. The maximum absolute atomic E-state index is 12.8. The van der Waals surface area contributed by atoms with Crippen LogP contribution in [-0.4, -0.2) is 32.1 Å². The Morgan fingerprint density at radius 2 is 1.68 bits per heavy atom. The van der Waals surface area contributed by atoms with E-state index in [1.165, 1.54) is 4.90 Å². The Hall–Kier alpha value is -3.54. The summed E-state index contributed by atoms with van der Waals surface area (Å²) in [5.74, 6) is 0.578. The van der Waals surface area contributed by atoms with E-state index in [-0.39, 0.29) is 25.5 Å². The fraction of sp³-hybridized carbons (Fsp3) is 0.182. The van der Waals surface area contributed by atoms with Gasteiger partial charge in [-0.3, -0.25) is 9.59 Å². The SMILES string of the molecule is COc1ccc(N(CCC(N)=O)C(=O)COc2cccc3ccccc23)cc1. The van der Waals surface area contributed by atoms with Crippen LogP contribution in [0.1, 0.15) is 6.42 Å². The second-order valence-corrected chi connectivity index (χ2v) is 6.23. The van der Waals surface area contributed by atoms with E-state index in [9.17, 15) is 9.59 Å². The van der Waals surface area contributed by atoms with Crippen molar-refractivity contribution in [1.82, 2.24) is 0 Å². The van der Waals surface area contributed by atoms with Gasteiger partial charge in [0, 0.05) is 24.0 Å². The van der Waals surface area contributed by atoms with Gasteiger partial charge in [-0.05, 0) is 35.7 Å². The molecule has 0 saturated heterocycles. The van der Waals surface area contributed by atoms with E-state index in [0.29, 0.717) is 17.2 Å². The molecule has 3 aromatic carbocycles. The first kappa shape index (κ1) is 19.2. The van der Waals surface area contributed by atoms with Crippen molar-refractivity contribution in [2.24, 2.45) is 5.73 Å². The Labute approximate surface area is 163 Å². The summed E-state index contributed by atoms with van der Waals surface area (Å²) in [6.45, 7) is 0.0260. The standard InChI is InChI=1S/C22H22N2O4/c1-27-18-11-9-17(10-12-18)24(14-13-21(23)25)22(26)15-28-20-8-4-6-16-5-2-3-7-19(16)20/h2-12H,13-15H2,1H3,(H2,23,25). The summed E-state index contributed by atoms with van der Waals surface area (Å²) in [6.07, 6.45) is 0.0615. The van der Waals surface area contributed by atoms with Gasteiger partial charge in [-0.15, -0.1) is 0 Å². The molecular weight excluding hydrogens is 356 g/mol. The average molecular weight is 378 g/mol. The summed E-state index contributed by atoms with van der Waals surface area (Å²) < 4.78 is 11.0. The van der Waals surface area contributed by atoms with Crippen molar-refractivity contribution in [1.29, 1.82) is 0 Å². The van der Waals surface area contributed by atoms with Crippen LogP contribution in [0.15, 0.2) is 66.7 Å². The van der Waals surface area contributed by atoms with Crippen LogP contribution in [0.5, 0.6) is 11.5 Å². The maximum Gasteiger partial charge on any atom is 0.264 e. The molecule has 144 valence electrons. The molecular formula is C22H22N2O4. The van der Waals surface area contributed by atoms with Crippen LogP contribution in [0.2, 0.25) is 0 Å². The average Bonchev–Trinajstić information content (AvgIpc) is 2.72. The molecule has 3 aromatic rings. The fourth-order valence-corrected chi connectivity index (χ4v) is 2.92. The number of fused-ring (bicyclic) bond motifs is 1. The third-order valence-corrected chi connectivity index (χ3v) is 4.37. The van der Waals surface area contributed by atoms with Crippen LogP contribution in [0.4, 0.5) is 5.69 Å². The molecule has 6 heteroatoms. The number of hydrogen-bond donors (Lipinski definition) is 1. The number of hydrogen-bond acceptors (Lipinski definition) is 4. The molecule has 6 nitrogen and oxygen atoms in total. The Morgan fingerprint density at radius 1 is 0.964 bits per heavy atom. The smallest absolute Gasteiger partial charge is 0.264 e. The minimum Gasteiger partial charge on any atom is -0.497 e. The number of benzene rings is 3. The second-order valence-electron chi connectivity index (χ2n) is 6.23. The van der Waals surface area contributed by atoms with Crippen LogP contribution in [-0.2, 0) is 9.59 Å². The van der Waals surface area contributed by atoms with Gasteiger partial charge in [-0.25, -0.2) is 0 Å². The first-order valence-electron chi connectivity index (χ1n) is 8.92. The van der Waals surface area contributed by atoms with E-state index in [0.717, 1.165) is 10.8 Å². The molecule has 0 radical (unpaired) electrons. The number of rotatable bonds is 8. The molecule has 0 unspecified atom stereocenters. The predicted octanol–water partition coefficient (Wildman–Crippen LogP) is 3.14.